The van der Waals surface area contributed by atoms with Crippen molar-refractivity contribution in [3.63, 3.8) is 0 Å². The highest BCUT2D eigenvalue weighted by molar-refractivity contribution is 6.03. The van der Waals surface area contributed by atoms with E-state index in [2.05, 4.69) is 4.98 Å². The molecule has 142 valence electrons. The second-order valence-corrected chi connectivity index (χ2v) is 5.95. The van der Waals surface area contributed by atoms with E-state index in [9.17, 15) is 9.59 Å². The number of aryl methyl sites for hydroxylation is 1. The Morgan fingerprint density at radius 3 is 2.56 bits per heavy atom. The van der Waals surface area contributed by atoms with Crippen LogP contribution in [0.1, 0.15) is 51.5 Å². The lowest BCUT2D eigenvalue weighted by molar-refractivity contribution is 0.0525. The topological polar surface area (TPSA) is 101 Å². The number of carbonyl (C=O) groups excluding carboxylic acids is 2. The molecule has 7 nitrogen and oxygen atoms in total. The molecule has 0 bridgehead atoms. The first-order valence-corrected chi connectivity index (χ1v) is 8.49. The van der Waals surface area contributed by atoms with Crippen LogP contribution >= 0.6 is 0 Å². The van der Waals surface area contributed by atoms with Crippen LogP contribution in [-0.2, 0) is 4.74 Å². The van der Waals surface area contributed by atoms with Crippen LogP contribution in [0.3, 0.4) is 0 Å². The molecule has 1 atom stereocenters. The highest BCUT2D eigenvalue weighted by Gasteiger charge is 2.27. The molecular weight excluding hydrogens is 348 g/mol. The Kier molecular flexibility index (Phi) is 6.24. The highest BCUT2D eigenvalue weighted by Crippen LogP contribution is 2.29. The van der Waals surface area contributed by atoms with Gasteiger partial charge in [0.2, 0.25) is 5.78 Å². The lowest BCUT2D eigenvalue weighted by Gasteiger charge is -2.16. The number of ether oxygens (including phenoxy) is 3. The number of nitrogens with one attached hydrogen (secondary N) is 1. The van der Waals surface area contributed by atoms with Crippen LogP contribution in [-0.4, -0.2) is 36.6 Å². The third-order valence-electron chi connectivity index (χ3n) is 4.13. The van der Waals surface area contributed by atoms with E-state index in [4.69, 9.17) is 19.5 Å². The van der Waals surface area contributed by atoms with Crippen molar-refractivity contribution in [1.82, 2.24) is 4.98 Å². The molecule has 27 heavy (non-hydrogen) atoms. The Hall–Kier alpha value is -3.27. The largest absolute Gasteiger partial charge is 0.493 e. The van der Waals surface area contributed by atoms with Crippen molar-refractivity contribution in [2.45, 2.75) is 33.8 Å². The zero-order valence-corrected chi connectivity index (χ0v) is 16.0. The molecule has 0 spiro atoms. The number of benzene rings is 1. The number of nitriles is 1. The third-order valence-corrected chi connectivity index (χ3v) is 4.13. The van der Waals surface area contributed by atoms with E-state index in [0.717, 1.165) is 0 Å². The van der Waals surface area contributed by atoms with Crippen LogP contribution in [0.15, 0.2) is 18.2 Å². The second-order valence-electron chi connectivity index (χ2n) is 5.95. The van der Waals surface area contributed by atoms with Gasteiger partial charge in [0.15, 0.2) is 17.6 Å². The van der Waals surface area contributed by atoms with E-state index in [1.807, 2.05) is 6.07 Å². The molecule has 1 N–H and O–H groups in total. The molecule has 1 aromatic heterocycles. The Bertz CT molecular complexity index is 908. The van der Waals surface area contributed by atoms with Gasteiger partial charge in [-0.3, -0.25) is 4.79 Å². The van der Waals surface area contributed by atoms with Gasteiger partial charge in [-0.2, -0.15) is 5.26 Å². The van der Waals surface area contributed by atoms with Gasteiger partial charge in [-0.15, -0.1) is 0 Å². The highest BCUT2D eigenvalue weighted by atomic mass is 16.5. The van der Waals surface area contributed by atoms with Crippen molar-refractivity contribution in [3.8, 4) is 17.6 Å². The summed E-state index contributed by atoms with van der Waals surface area (Å²) in [5, 5.41) is 8.97. The SMILES string of the molecule is CCOC(=O)c1c(C)[nH]c(C(=O)[C@H](C)Oc2ccc(C#N)cc2OC)c1C. The van der Waals surface area contributed by atoms with Crippen molar-refractivity contribution in [2.24, 2.45) is 0 Å². The maximum absolute atomic E-state index is 12.8. The van der Waals surface area contributed by atoms with Gasteiger partial charge in [0.25, 0.3) is 0 Å². The smallest absolute Gasteiger partial charge is 0.340 e. The van der Waals surface area contributed by atoms with E-state index in [1.54, 1.807) is 39.8 Å². The van der Waals surface area contributed by atoms with Gasteiger partial charge in [0, 0.05) is 11.8 Å². The third kappa shape index (κ3) is 4.11. The summed E-state index contributed by atoms with van der Waals surface area (Å²) < 4.78 is 16.0. The van der Waals surface area contributed by atoms with E-state index in [1.165, 1.54) is 13.2 Å². The molecule has 0 fully saturated rings. The summed E-state index contributed by atoms with van der Waals surface area (Å²) in [7, 11) is 1.46. The van der Waals surface area contributed by atoms with Gasteiger partial charge in [0.1, 0.15) is 0 Å². The standard InChI is InChI=1S/C20H22N2O5/c1-6-26-20(24)17-11(2)18(22-12(17)3)19(23)13(4)27-15-8-7-14(10-21)9-16(15)25-5/h7-9,13,22H,6H2,1-5H3/t13-/m0/s1. The molecule has 2 rings (SSSR count). The number of aromatic amines is 1. The number of H-pyrrole nitrogens is 1. The molecule has 0 amide bonds. The van der Waals surface area contributed by atoms with Crippen LogP contribution in [0.2, 0.25) is 0 Å². The number of nitrogens with zero attached hydrogens (tertiary/aromatic N) is 1. The summed E-state index contributed by atoms with van der Waals surface area (Å²) in [6.07, 6.45) is -0.835. The van der Waals surface area contributed by atoms with Crippen molar-refractivity contribution in [2.75, 3.05) is 13.7 Å². The van der Waals surface area contributed by atoms with Gasteiger partial charge in [-0.25, -0.2) is 4.79 Å². The maximum atomic E-state index is 12.8. The summed E-state index contributed by atoms with van der Waals surface area (Å²) in [6.45, 7) is 7.00. The summed E-state index contributed by atoms with van der Waals surface area (Å²) >= 11 is 0. The molecular formula is C20H22N2O5. The van der Waals surface area contributed by atoms with E-state index < -0.39 is 12.1 Å². The van der Waals surface area contributed by atoms with Crippen LogP contribution < -0.4 is 9.47 Å². The Morgan fingerprint density at radius 1 is 1.26 bits per heavy atom. The Balaban J connectivity index is 2.27. The van der Waals surface area contributed by atoms with Gasteiger partial charge < -0.3 is 19.2 Å². The van der Waals surface area contributed by atoms with Crippen molar-refractivity contribution >= 4 is 11.8 Å². The number of aromatic nitrogens is 1. The second kappa shape index (κ2) is 8.41. The average Bonchev–Trinajstić information content (AvgIpc) is 2.95. The number of rotatable bonds is 7. The fourth-order valence-electron chi connectivity index (χ4n) is 2.79. The molecule has 0 saturated carbocycles. The molecule has 1 heterocycles. The quantitative estimate of drug-likeness (QED) is 0.592. The first-order valence-electron chi connectivity index (χ1n) is 8.49. The zero-order chi connectivity index (χ0) is 20.1. The van der Waals surface area contributed by atoms with Gasteiger partial charge in [-0.05, 0) is 45.4 Å². The monoisotopic (exact) mass is 370 g/mol. The number of hydrogen-bond acceptors (Lipinski definition) is 6. The van der Waals surface area contributed by atoms with E-state index in [0.29, 0.717) is 39.6 Å². The minimum absolute atomic E-state index is 0.254. The molecule has 0 aliphatic heterocycles. The fraction of sp³-hybridized carbons (Fsp3) is 0.350. The predicted molar refractivity (Wildman–Crippen MR) is 98.4 cm³/mol. The minimum atomic E-state index is -0.835. The Morgan fingerprint density at radius 2 is 1.96 bits per heavy atom. The summed E-state index contributed by atoms with van der Waals surface area (Å²) in [5.41, 5.74) is 2.18. The number of hydrogen-bond donors (Lipinski definition) is 1. The zero-order valence-electron chi connectivity index (χ0n) is 16.0. The van der Waals surface area contributed by atoms with Crippen molar-refractivity contribution in [1.29, 1.82) is 5.26 Å². The van der Waals surface area contributed by atoms with Crippen molar-refractivity contribution in [3.05, 3.63) is 46.3 Å². The lowest BCUT2D eigenvalue weighted by Crippen LogP contribution is -2.25. The maximum Gasteiger partial charge on any atom is 0.340 e. The van der Waals surface area contributed by atoms with Crippen LogP contribution in [0, 0.1) is 25.2 Å². The number of Topliss-reactive ketones (excluding diaryl/α,β-unsaturated/α-hetero) is 1. The summed E-state index contributed by atoms with van der Waals surface area (Å²) in [6, 6.07) is 6.72. The predicted octanol–water partition coefficient (Wildman–Crippen LogP) is 3.34. The Labute approximate surface area is 157 Å². The van der Waals surface area contributed by atoms with Gasteiger partial charge in [0.05, 0.1) is 36.6 Å². The normalized spacial score (nSPS) is 11.4. The number of methoxy groups -OCH3 is 1. The van der Waals surface area contributed by atoms with Crippen LogP contribution in [0.5, 0.6) is 11.5 Å². The molecule has 2 aromatic rings. The van der Waals surface area contributed by atoms with E-state index >= 15 is 0 Å². The average molecular weight is 370 g/mol. The number of ketones is 1. The first-order chi connectivity index (χ1) is 12.8. The van der Waals surface area contributed by atoms with E-state index in [-0.39, 0.29) is 12.4 Å². The molecule has 0 unspecified atom stereocenters. The van der Waals surface area contributed by atoms with Gasteiger partial charge >= 0.3 is 5.97 Å². The molecule has 0 saturated heterocycles. The van der Waals surface area contributed by atoms with Crippen LogP contribution in [0.4, 0.5) is 0 Å². The summed E-state index contributed by atoms with van der Waals surface area (Å²) in [4.78, 5) is 27.9. The minimum Gasteiger partial charge on any atom is -0.493 e. The molecule has 0 aliphatic rings. The van der Waals surface area contributed by atoms with Gasteiger partial charge in [-0.1, -0.05) is 0 Å². The molecule has 1 aromatic carbocycles. The molecule has 7 heteroatoms. The fourth-order valence-corrected chi connectivity index (χ4v) is 2.79. The lowest BCUT2D eigenvalue weighted by atomic mass is 10.1. The number of carbonyl (C=O) groups is 2. The summed E-state index contributed by atoms with van der Waals surface area (Å²) in [5.74, 6) is -0.0631. The van der Waals surface area contributed by atoms with Crippen molar-refractivity contribution < 1.29 is 23.8 Å². The van der Waals surface area contributed by atoms with Crippen LogP contribution in [0.25, 0.3) is 0 Å². The molecule has 0 radical (unpaired) electrons. The first kappa shape index (κ1) is 20.0. The number of esters is 1. The molecule has 0 aliphatic carbocycles.